The van der Waals surface area contributed by atoms with Crippen LogP contribution in [0.4, 0.5) is 5.82 Å². The summed E-state index contributed by atoms with van der Waals surface area (Å²) in [7, 11) is 0. The second kappa shape index (κ2) is 9.08. The molecular formula is C19H22ClN7O2. The van der Waals surface area contributed by atoms with Gasteiger partial charge in [-0.3, -0.25) is 9.78 Å². The Morgan fingerprint density at radius 1 is 1.38 bits per heavy atom. The highest BCUT2D eigenvalue weighted by Gasteiger charge is 2.16. The topological polar surface area (TPSA) is 118 Å². The van der Waals surface area contributed by atoms with Gasteiger partial charge in [-0.2, -0.15) is 0 Å². The van der Waals surface area contributed by atoms with E-state index >= 15 is 0 Å². The molecule has 4 rings (SSSR count). The van der Waals surface area contributed by atoms with Crippen LogP contribution >= 0.6 is 12.4 Å². The number of rotatable bonds is 5. The zero-order valence-corrected chi connectivity index (χ0v) is 16.7. The molecule has 0 saturated heterocycles. The minimum atomic E-state index is -0.316. The average Bonchev–Trinajstić information content (AvgIpc) is 3.23. The van der Waals surface area contributed by atoms with Crippen LogP contribution in [-0.2, 0) is 13.0 Å². The number of halogens is 1. The number of fused-ring (bicyclic) bond motifs is 1. The Bertz CT molecular complexity index is 1010. The molecule has 1 atom stereocenters. The quantitative estimate of drug-likeness (QED) is 0.579. The van der Waals surface area contributed by atoms with Crippen LogP contribution in [0.3, 0.4) is 0 Å². The lowest BCUT2D eigenvalue weighted by Gasteiger charge is -2.17. The predicted octanol–water partition coefficient (Wildman–Crippen LogP) is 1.61. The summed E-state index contributed by atoms with van der Waals surface area (Å²) in [6.45, 7) is 3.48. The van der Waals surface area contributed by atoms with Gasteiger partial charge in [0, 0.05) is 12.7 Å². The summed E-state index contributed by atoms with van der Waals surface area (Å²) < 4.78 is 1.74. The van der Waals surface area contributed by atoms with E-state index in [2.05, 4.69) is 30.8 Å². The van der Waals surface area contributed by atoms with E-state index in [-0.39, 0.29) is 31.0 Å². The lowest BCUT2D eigenvalue weighted by molar-refractivity contribution is 0.102. The number of aliphatic hydroxyl groups excluding tert-OH is 1. The van der Waals surface area contributed by atoms with E-state index < -0.39 is 0 Å². The fourth-order valence-electron chi connectivity index (χ4n) is 3.13. The van der Waals surface area contributed by atoms with Crippen molar-refractivity contribution in [2.24, 2.45) is 0 Å². The molecule has 0 unspecified atom stereocenters. The van der Waals surface area contributed by atoms with Crippen molar-refractivity contribution < 1.29 is 9.90 Å². The highest BCUT2D eigenvalue weighted by atomic mass is 35.5. The van der Waals surface area contributed by atoms with E-state index in [4.69, 9.17) is 0 Å². The molecule has 3 aromatic heterocycles. The summed E-state index contributed by atoms with van der Waals surface area (Å²) in [5.41, 5.74) is 3.18. The molecule has 1 amide bonds. The van der Waals surface area contributed by atoms with E-state index in [1.807, 2.05) is 13.0 Å². The van der Waals surface area contributed by atoms with Gasteiger partial charge >= 0.3 is 0 Å². The molecule has 10 heteroatoms. The summed E-state index contributed by atoms with van der Waals surface area (Å²) in [4.78, 5) is 21.4. The van der Waals surface area contributed by atoms with Crippen molar-refractivity contribution in [1.29, 1.82) is 0 Å². The van der Waals surface area contributed by atoms with Gasteiger partial charge in [0.1, 0.15) is 23.5 Å². The number of hydrogen-bond donors (Lipinski definition) is 3. The smallest absolute Gasteiger partial charge is 0.275 e. The van der Waals surface area contributed by atoms with E-state index in [1.54, 1.807) is 35.3 Å². The van der Waals surface area contributed by atoms with Crippen LogP contribution in [0.1, 0.15) is 34.6 Å². The van der Waals surface area contributed by atoms with Gasteiger partial charge in [0.05, 0.1) is 12.6 Å². The third-order valence-corrected chi connectivity index (χ3v) is 4.73. The molecular weight excluding hydrogens is 394 g/mol. The molecule has 0 radical (unpaired) electrons. The molecule has 3 aromatic rings. The Kier molecular flexibility index (Phi) is 6.53. The second-order valence-electron chi connectivity index (χ2n) is 6.72. The van der Waals surface area contributed by atoms with Gasteiger partial charge in [-0.15, -0.1) is 22.6 Å². The highest BCUT2D eigenvalue weighted by Crippen LogP contribution is 2.20. The first-order valence-electron chi connectivity index (χ1n) is 9.13. The molecule has 0 saturated carbocycles. The van der Waals surface area contributed by atoms with E-state index in [0.717, 1.165) is 25.1 Å². The normalized spacial score (nSPS) is 13.9. The molecule has 29 heavy (non-hydrogen) atoms. The number of nitrogens with zero attached hydrogens (tertiary/aromatic N) is 5. The number of aromatic nitrogens is 5. The summed E-state index contributed by atoms with van der Waals surface area (Å²) >= 11 is 0. The van der Waals surface area contributed by atoms with Gasteiger partial charge in [-0.05, 0) is 49.2 Å². The fraction of sp³-hybridized carbons (Fsp3) is 0.316. The molecule has 4 heterocycles. The molecule has 1 aliphatic rings. The first kappa shape index (κ1) is 20.8. The van der Waals surface area contributed by atoms with Crippen LogP contribution < -0.4 is 10.6 Å². The van der Waals surface area contributed by atoms with Gasteiger partial charge in [0.15, 0.2) is 5.82 Å². The van der Waals surface area contributed by atoms with Gasteiger partial charge in [0.2, 0.25) is 0 Å². The largest absolute Gasteiger partial charge is 0.394 e. The van der Waals surface area contributed by atoms with Crippen molar-refractivity contribution in [3.05, 3.63) is 53.6 Å². The molecule has 9 nitrogen and oxygen atoms in total. The van der Waals surface area contributed by atoms with Crippen molar-refractivity contribution in [1.82, 2.24) is 30.0 Å². The molecule has 0 fully saturated rings. The molecule has 152 valence electrons. The maximum atomic E-state index is 12.6. The predicted molar refractivity (Wildman–Crippen MR) is 110 cm³/mol. The van der Waals surface area contributed by atoms with Crippen molar-refractivity contribution in [2.45, 2.75) is 25.9 Å². The number of nitrogens with one attached hydrogen (secondary N) is 2. The van der Waals surface area contributed by atoms with Crippen molar-refractivity contribution >= 4 is 24.1 Å². The summed E-state index contributed by atoms with van der Waals surface area (Å²) in [5.74, 6) is 0.602. The minimum absolute atomic E-state index is 0. The zero-order valence-electron chi connectivity index (χ0n) is 15.9. The van der Waals surface area contributed by atoms with E-state index in [0.29, 0.717) is 23.0 Å². The number of anilines is 1. The molecule has 1 aliphatic heterocycles. The maximum absolute atomic E-state index is 12.6. The number of aliphatic hydroxyl groups is 1. The fourth-order valence-corrected chi connectivity index (χ4v) is 3.13. The number of amides is 1. The molecule has 3 N–H and O–H groups in total. The van der Waals surface area contributed by atoms with Crippen molar-refractivity contribution in [3.8, 4) is 11.5 Å². The number of hydrogen-bond acceptors (Lipinski definition) is 7. The van der Waals surface area contributed by atoms with E-state index in [9.17, 15) is 9.90 Å². The molecule has 0 aromatic carbocycles. The third-order valence-electron chi connectivity index (χ3n) is 4.73. The van der Waals surface area contributed by atoms with Crippen LogP contribution in [0.15, 0.2) is 36.8 Å². The minimum Gasteiger partial charge on any atom is -0.394 e. The van der Waals surface area contributed by atoms with Crippen LogP contribution in [0.5, 0.6) is 0 Å². The number of carbonyl (C=O) groups excluding carboxylic acids is 1. The SMILES string of the molecule is C[C@H](CO)n1cnnc1-c1cccc(NC(=O)c2cc3c(cn2)CCNC3)n1.Cl. The van der Waals surface area contributed by atoms with Gasteiger partial charge < -0.3 is 20.3 Å². The van der Waals surface area contributed by atoms with Crippen molar-refractivity contribution in [2.75, 3.05) is 18.5 Å². The van der Waals surface area contributed by atoms with Crippen LogP contribution in [0.2, 0.25) is 0 Å². The Balaban J connectivity index is 0.00000240. The Morgan fingerprint density at radius 2 is 2.24 bits per heavy atom. The first-order chi connectivity index (χ1) is 13.7. The average molecular weight is 416 g/mol. The maximum Gasteiger partial charge on any atom is 0.275 e. The van der Waals surface area contributed by atoms with Crippen molar-refractivity contribution in [3.63, 3.8) is 0 Å². The van der Waals surface area contributed by atoms with Gasteiger partial charge in [0.25, 0.3) is 5.91 Å². The zero-order chi connectivity index (χ0) is 19.5. The molecule has 0 spiro atoms. The lowest BCUT2D eigenvalue weighted by Crippen LogP contribution is -2.25. The Hall–Kier alpha value is -2.88. The first-order valence-corrected chi connectivity index (χ1v) is 9.13. The summed E-state index contributed by atoms with van der Waals surface area (Å²) in [5, 5.41) is 23.5. The van der Waals surface area contributed by atoms with Crippen LogP contribution in [0, 0.1) is 0 Å². The van der Waals surface area contributed by atoms with Crippen LogP contribution in [0.25, 0.3) is 11.5 Å². The third kappa shape index (κ3) is 4.42. The van der Waals surface area contributed by atoms with Gasteiger partial charge in [-0.1, -0.05) is 6.07 Å². The van der Waals surface area contributed by atoms with E-state index in [1.165, 1.54) is 5.56 Å². The lowest BCUT2D eigenvalue weighted by atomic mass is 10.0. The van der Waals surface area contributed by atoms with Crippen LogP contribution in [-0.4, -0.2) is 48.9 Å². The monoisotopic (exact) mass is 415 g/mol. The number of pyridine rings is 2. The molecule has 0 aliphatic carbocycles. The number of carbonyl (C=O) groups is 1. The standard InChI is InChI=1S/C19H21N7O2.ClH/c1-12(10-27)26-11-22-25-18(26)15-3-2-4-17(23-15)24-19(28)16-7-14-8-20-6-5-13(14)9-21-16;/h2-4,7,9,11-12,20,27H,5-6,8,10H2,1H3,(H,23,24,28);1H/t12-;/m1./s1. The van der Waals surface area contributed by atoms with Gasteiger partial charge in [-0.25, -0.2) is 4.98 Å². The Morgan fingerprint density at radius 3 is 3.07 bits per heavy atom. The highest BCUT2D eigenvalue weighted by molar-refractivity contribution is 6.02. The molecule has 0 bridgehead atoms. The summed E-state index contributed by atoms with van der Waals surface area (Å²) in [6, 6.07) is 6.91. The Labute approximate surface area is 174 Å². The second-order valence-corrected chi connectivity index (χ2v) is 6.72. The summed E-state index contributed by atoms with van der Waals surface area (Å²) in [6.07, 6.45) is 4.24.